The molecular formula is H5BO3ScSrY. The Labute approximate surface area is 123 Å². The van der Waals surface area contributed by atoms with Gasteiger partial charge >= 0.3 is 52.8 Å². The smallest absolute Gasteiger partial charge is 0 e. The van der Waals surface area contributed by atoms with Crippen LogP contribution in [-0.4, -0.2) is 67.9 Å². The molecule has 7 heavy (non-hydrogen) atoms. The van der Waals surface area contributed by atoms with Crippen molar-refractivity contribution in [1.29, 1.82) is 0 Å². The van der Waals surface area contributed by atoms with Crippen LogP contribution < -0.4 is 0 Å². The van der Waals surface area contributed by atoms with Crippen molar-refractivity contribution in [2.45, 2.75) is 0 Å². The van der Waals surface area contributed by atoms with Crippen LogP contribution in [0.2, 0.25) is 0 Å². The Morgan fingerprint density at radius 3 is 1.00 bits per heavy atom. The molecule has 0 aromatic heterocycles. The largest absolute Gasteiger partial charge is 0 e. The molecule has 3 nitrogen and oxygen atoms in total. The predicted octanol–water partition coefficient (Wildman–Crippen LogP) is -2.97. The van der Waals surface area contributed by atoms with E-state index < -0.39 is 7.32 Å². The van der Waals surface area contributed by atoms with E-state index in [9.17, 15) is 0 Å². The molecule has 0 heterocycles. The molecule has 0 unspecified atom stereocenters. The third kappa shape index (κ3) is 44.5. The maximum Gasteiger partial charge on any atom is 0 e. The van der Waals surface area contributed by atoms with Gasteiger partial charge in [-0.3, -0.25) is 0 Å². The van der Waals surface area contributed by atoms with Crippen molar-refractivity contribution in [3.05, 3.63) is 0 Å². The summed E-state index contributed by atoms with van der Waals surface area (Å²) in [6.45, 7) is 0. The summed E-state index contributed by atoms with van der Waals surface area (Å²) in [6.07, 6.45) is 0. The van der Waals surface area contributed by atoms with Crippen LogP contribution in [0.1, 0.15) is 0 Å². The molecule has 34 valence electrons. The van der Waals surface area contributed by atoms with E-state index >= 15 is 0 Å². The molecule has 0 saturated heterocycles. The molecule has 0 saturated carbocycles. The molecule has 0 fully saturated rings. The maximum absolute atomic E-state index is 7.17. The van der Waals surface area contributed by atoms with E-state index in [2.05, 4.69) is 0 Å². The molecule has 2 radical (unpaired) electrons. The first-order chi connectivity index (χ1) is 1.73. The van der Waals surface area contributed by atoms with Crippen LogP contribution in [0.5, 0.6) is 0 Å². The van der Waals surface area contributed by atoms with E-state index in [1.54, 1.807) is 0 Å². The van der Waals surface area contributed by atoms with Gasteiger partial charge in [0.2, 0.25) is 0 Å². The molecule has 0 bridgehead atoms. The minimum absolute atomic E-state index is 0. The average Bonchev–Trinajstić information content (AvgIpc) is 0.811. The van der Waals surface area contributed by atoms with Gasteiger partial charge in [-0.25, -0.2) is 0 Å². The van der Waals surface area contributed by atoms with E-state index in [1.807, 2.05) is 0 Å². The predicted molar refractivity (Wildman–Crippen MR) is 21.0 cm³/mol. The summed E-state index contributed by atoms with van der Waals surface area (Å²) in [4.78, 5) is 0. The van der Waals surface area contributed by atoms with Gasteiger partial charge in [0.1, 0.15) is 0 Å². The van der Waals surface area contributed by atoms with Crippen LogP contribution in [0.25, 0.3) is 0 Å². The Morgan fingerprint density at radius 2 is 1.00 bits per heavy atom. The van der Waals surface area contributed by atoms with Crippen molar-refractivity contribution in [1.82, 2.24) is 0 Å². The first-order valence-corrected chi connectivity index (χ1v) is 0.775. The SMILES string of the molecule is OB(O)O.[Sc].[SrH2].[Y]. The van der Waals surface area contributed by atoms with Gasteiger partial charge in [-0.1, -0.05) is 0 Å². The maximum atomic E-state index is 7.17. The fourth-order valence-electron chi connectivity index (χ4n) is 0. The molecule has 3 N–H and O–H groups in total. The minimum atomic E-state index is -2.17. The number of hydrogen-bond donors (Lipinski definition) is 3. The second-order valence-electron chi connectivity index (χ2n) is 0.346. The normalized spacial score (nSPS) is 3.86. The summed E-state index contributed by atoms with van der Waals surface area (Å²) in [5, 5.41) is 21.5. The molecule has 0 aliphatic rings. The van der Waals surface area contributed by atoms with Gasteiger partial charge in [-0.05, 0) is 0 Å². The Morgan fingerprint density at radius 1 is 1.00 bits per heavy atom. The quantitative estimate of drug-likeness (QED) is 0.417. The van der Waals surface area contributed by atoms with Gasteiger partial charge in [0, 0.05) is 58.6 Å². The zero-order chi connectivity index (χ0) is 3.58. The zero-order valence-corrected chi connectivity index (χ0v) is 7.72. The van der Waals surface area contributed by atoms with E-state index in [4.69, 9.17) is 15.1 Å². The zero-order valence-electron chi connectivity index (χ0n) is 3.07. The van der Waals surface area contributed by atoms with Crippen LogP contribution in [0, 0.1) is 0 Å². The molecule has 0 aromatic rings. The van der Waals surface area contributed by atoms with Crippen molar-refractivity contribution in [3.63, 3.8) is 0 Å². The Balaban J connectivity index is -0.0000000150. The molecule has 0 aromatic carbocycles. The van der Waals surface area contributed by atoms with Crippen molar-refractivity contribution >= 4 is 52.8 Å². The molecule has 0 amide bonds. The Kier molecular flexibility index (Phi) is 51.9. The monoisotopic (exact) mass is 286 g/mol. The first-order valence-electron chi connectivity index (χ1n) is 0.775. The van der Waals surface area contributed by atoms with Gasteiger partial charge in [0.15, 0.2) is 0 Å². The van der Waals surface area contributed by atoms with E-state index in [0.717, 1.165) is 0 Å². The molecule has 0 rings (SSSR count). The molecule has 7 heteroatoms. The summed E-state index contributed by atoms with van der Waals surface area (Å²) in [6, 6.07) is 0. The van der Waals surface area contributed by atoms with Gasteiger partial charge in [-0.2, -0.15) is 0 Å². The summed E-state index contributed by atoms with van der Waals surface area (Å²) >= 11 is 0. The average molecular weight is 285 g/mol. The Hall–Kier alpha value is 3.40. The van der Waals surface area contributed by atoms with Gasteiger partial charge in [-0.15, -0.1) is 0 Å². The van der Waals surface area contributed by atoms with E-state index in [0.29, 0.717) is 0 Å². The molecular weight excluding hydrogens is 280 g/mol. The summed E-state index contributed by atoms with van der Waals surface area (Å²) in [7, 11) is -2.17. The topological polar surface area (TPSA) is 60.7 Å². The minimum Gasteiger partial charge on any atom is 0 e. The third-order valence-corrected chi connectivity index (χ3v) is 0. The second-order valence-corrected chi connectivity index (χ2v) is 0.346. The summed E-state index contributed by atoms with van der Waals surface area (Å²) in [5.41, 5.74) is 0. The molecule has 0 aliphatic carbocycles. The van der Waals surface area contributed by atoms with Gasteiger partial charge < -0.3 is 15.1 Å². The molecule has 0 spiro atoms. The fraction of sp³-hybridized carbons (Fsp3) is 0. The van der Waals surface area contributed by atoms with Crippen LogP contribution >= 0.6 is 0 Å². The van der Waals surface area contributed by atoms with Crippen molar-refractivity contribution in [3.8, 4) is 0 Å². The Bertz CT molecular complexity index is 19.7. The summed E-state index contributed by atoms with van der Waals surface area (Å²) in [5.74, 6) is 0. The first kappa shape index (κ1) is 22.4. The molecule has 0 atom stereocenters. The third-order valence-electron chi connectivity index (χ3n) is 0. The van der Waals surface area contributed by atoms with E-state index in [-0.39, 0.29) is 104 Å². The second kappa shape index (κ2) is 16.2. The van der Waals surface area contributed by atoms with E-state index in [1.165, 1.54) is 0 Å². The fourth-order valence-corrected chi connectivity index (χ4v) is 0. The van der Waals surface area contributed by atoms with Crippen molar-refractivity contribution < 1.29 is 73.6 Å². The van der Waals surface area contributed by atoms with Crippen LogP contribution in [0.3, 0.4) is 0 Å². The number of hydrogen-bond acceptors (Lipinski definition) is 3. The van der Waals surface area contributed by atoms with Crippen LogP contribution in [0.4, 0.5) is 0 Å². The van der Waals surface area contributed by atoms with Gasteiger partial charge in [0.25, 0.3) is 0 Å². The molecule has 0 aliphatic heterocycles. The van der Waals surface area contributed by atoms with Crippen LogP contribution in [0.15, 0.2) is 0 Å². The van der Waals surface area contributed by atoms with Crippen molar-refractivity contribution in [2.24, 2.45) is 0 Å². The van der Waals surface area contributed by atoms with Crippen molar-refractivity contribution in [2.75, 3.05) is 0 Å². The number of rotatable bonds is 0. The van der Waals surface area contributed by atoms with Gasteiger partial charge in [0.05, 0.1) is 0 Å². The van der Waals surface area contributed by atoms with Crippen LogP contribution in [-0.2, 0) is 58.6 Å². The standard InChI is InChI=1S/BH3O3.Sc.Sr.Y.2H/c2-1(3)4;;;;;/h2-4H;;;;;. The summed E-state index contributed by atoms with van der Waals surface area (Å²) < 4.78 is 0.